The molecule has 1 N–H and O–H groups in total. The largest absolute Gasteiger partial charge is 0.649 e. The number of thioether (sulfide) groups is 1. The molecule has 0 bridgehead atoms. The van der Waals surface area contributed by atoms with Crippen LogP contribution in [-0.2, 0) is 25.2 Å². The van der Waals surface area contributed by atoms with E-state index in [0.717, 1.165) is 5.56 Å². The number of rotatable bonds is 12. The van der Waals surface area contributed by atoms with Crippen LogP contribution in [0.4, 0.5) is 4.79 Å². The van der Waals surface area contributed by atoms with E-state index in [1.807, 2.05) is 36.6 Å². The van der Waals surface area contributed by atoms with Crippen LogP contribution in [0, 0.1) is 0 Å². The van der Waals surface area contributed by atoms with Crippen molar-refractivity contribution in [1.29, 1.82) is 0 Å². The number of hydrogen-bond acceptors (Lipinski definition) is 8. The average molecular weight is 516 g/mol. The maximum Gasteiger partial charge on any atom is 0.649 e. The minimum absolute atomic E-state index is 0.0314. The predicted molar refractivity (Wildman–Crippen MR) is 134 cm³/mol. The minimum atomic E-state index is -4.46. The molecule has 0 fully saturated rings. The number of carbonyl (C=O) groups excluding carboxylic acids is 2. The van der Waals surface area contributed by atoms with Gasteiger partial charge in [-0.05, 0) is 48.3 Å². The Kier molecular flexibility index (Phi) is 10.1. The van der Waals surface area contributed by atoms with Crippen LogP contribution in [0.5, 0.6) is 11.5 Å². The van der Waals surface area contributed by atoms with Gasteiger partial charge in [-0.25, -0.2) is 9.59 Å². The van der Waals surface area contributed by atoms with Crippen LogP contribution in [-0.4, -0.2) is 30.1 Å². The van der Waals surface area contributed by atoms with E-state index < -0.39 is 25.9 Å². The van der Waals surface area contributed by atoms with Gasteiger partial charge in [0.25, 0.3) is 0 Å². The zero-order chi connectivity index (χ0) is 24.9. The Morgan fingerprint density at radius 2 is 1.37 bits per heavy atom. The summed E-state index contributed by atoms with van der Waals surface area (Å²) in [6.07, 6.45) is 1.27. The van der Waals surface area contributed by atoms with Crippen LogP contribution < -0.4 is 14.4 Å². The maximum absolute atomic E-state index is 13.5. The van der Waals surface area contributed by atoms with Crippen molar-refractivity contribution in [3.05, 3.63) is 96.6 Å². The predicted octanol–water partition coefficient (Wildman–Crippen LogP) is 5.84. The smallest absolute Gasteiger partial charge is 0.445 e. The first-order valence-corrected chi connectivity index (χ1v) is 13.6. The highest BCUT2D eigenvalue weighted by Gasteiger charge is 2.38. The molecule has 0 saturated carbocycles. The highest BCUT2D eigenvalue weighted by molar-refractivity contribution is 7.98. The molecule has 3 aromatic carbocycles. The summed E-state index contributed by atoms with van der Waals surface area (Å²) in [5, 5.41) is 2.49. The maximum atomic E-state index is 13.5. The lowest BCUT2D eigenvalue weighted by molar-refractivity contribution is -0.137. The van der Waals surface area contributed by atoms with Crippen molar-refractivity contribution in [3.63, 3.8) is 0 Å². The molecular weight excluding hydrogens is 489 g/mol. The number of alkyl carbamates (subject to hydrolysis) is 1. The van der Waals surface area contributed by atoms with E-state index in [1.54, 1.807) is 60.7 Å². The van der Waals surface area contributed by atoms with Gasteiger partial charge in [0.1, 0.15) is 24.1 Å². The first-order valence-electron chi connectivity index (χ1n) is 10.8. The van der Waals surface area contributed by atoms with Crippen molar-refractivity contribution in [2.24, 2.45) is 0 Å². The molecule has 35 heavy (non-hydrogen) atoms. The molecule has 0 spiro atoms. The molecule has 0 aliphatic carbocycles. The molecule has 8 nitrogen and oxygen atoms in total. The fourth-order valence-corrected chi connectivity index (χ4v) is 4.53. The molecule has 0 aromatic heterocycles. The van der Waals surface area contributed by atoms with Gasteiger partial charge in [-0.1, -0.05) is 66.7 Å². The van der Waals surface area contributed by atoms with Gasteiger partial charge in [0, 0.05) is 0 Å². The first kappa shape index (κ1) is 26.2. The standard InChI is InChI=1S/C25H26NO7PS/c1-35-18-17-23(26-25(28)30-19-20-11-5-2-6-12-20)24(27)33-34(29,31-21-13-7-3-8-14-21)32-22-15-9-4-10-16-22/h2-16,23H,17-19H2,1H3,(H,26,28)/t23-/m0/s1. The summed E-state index contributed by atoms with van der Waals surface area (Å²) in [6.45, 7) is 0.0314. The third-order valence-corrected chi connectivity index (χ3v) is 6.44. The number of nitrogens with one attached hydrogen (secondary N) is 1. The van der Waals surface area contributed by atoms with Crippen molar-refractivity contribution in [3.8, 4) is 11.5 Å². The number of phosphoric acid groups is 1. The third-order valence-electron chi connectivity index (χ3n) is 4.52. The summed E-state index contributed by atoms with van der Waals surface area (Å²) >= 11 is 1.48. The summed E-state index contributed by atoms with van der Waals surface area (Å²) in [4.78, 5) is 25.4. The van der Waals surface area contributed by atoms with Crippen molar-refractivity contribution in [2.75, 3.05) is 12.0 Å². The molecular formula is C25H26NO7PS. The second-order valence-corrected chi connectivity index (χ2v) is 9.63. The zero-order valence-corrected chi connectivity index (χ0v) is 20.8. The number of carbonyl (C=O) groups is 2. The van der Waals surface area contributed by atoms with Crippen molar-refractivity contribution in [1.82, 2.24) is 5.32 Å². The fourth-order valence-electron chi connectivity index (χ4n) is 2.84. The van der Waals surface area contributed by atoms with E-state index in [9.17, 15) is 14.2 Å². The summed E-state index contributed by atoms with van der Waals surface area (Å²) < 4.78 is 34.9. The topological polar surface area (TPSA) is 100 Å². The molecule has 0 radical (unpaired) electrons. The van der Waals surface area contributed by atoms with Crippen LogP contribution in [0.3, 0.4) is 0 Å². The van der Waals surface area contributed by atoms with Crippen LogP contribution in [0.15, 0.2) is 91.0 Å². The first-order chi connectivity index (χ1) is 17.0. The van der Waals surface area contributed by atoms with Gasteiger partial charge in [0.2, 0.25) is 0 Å². The van der Waals surface area contributed by atoms with Crippen LogP contribution >= 0.6 is 19.6 Å². The van der Waals surface area contributed by atoms with E-state index in [4.69, 9.17) is 18.3 Å². The highest BCUT2D eigenvalue weighted by Crippen LogP contribution is 2.50. The number of para-hydroxylation sites is 2. The zero-order valence-electron chi connectivity index (χ0n) is 19.1. The molecule has 1 amide bonds. The van der Waals surface area contributed by atoms with E-state index >= 15 is 0 Å². The second-order valence-electron chi connectivity index (χ2n) is 7.21. The number of ether oxygens (including phenoxy) is 1. The summed E-state index contributed by atoms with van der Waals surface area (Å²) in [5.41, 5.74) is 0.794. The lowest BCUT2D eigenvalue weighted by Gasteiger charge is -2.22. The molecule has 1 atom stereocenters. The van der Waals surface area contributed by atoms with E-state index in [2.05, 4.69) is 5.32 Å². The Labute approximate surface area is 208 Å². The molecule has 0 saturated heterocycles. The molecule has 10 heteroatoms. The van der Waals surface area contributed by atoms with E-state index in [0.29, 0.717) is 5.75 Å². The van der Waals surface area contributed by atoms with E-state index in [1.165, 1.54) is 11.8 Å². The minimum Gasteiger partial charge on any atom is -0.445 e. The monoisotopic (exact) mass is 515 g/mol. The van der Waals surface area contributed by atoms with Gasteiger partial charge < -0.3 is 23.6 Å². The van der Waals surface area contributed by atoms with Crippen molar-refractivity contribution in [2.45, 2.75) is 19.1 Å². The number of amides is 1. The van der Waals surface area contributed by atoms with Gasteiger partial charge in [0.05, 0.1) is 0 Å². The van der Waals surface area contributed by atoms with Crippen molar-refractivity contribution >= 4 is 31.6 Å². The van der Waals surface area contributed by atoms with Crippen LogP contribution in [0.2, 0.25) is 0 Å². The second kappa shape index (κ2) is 13.5. The highest BCUT2D eigenvalue weighted by atomic mass is 32.2. The lowest BCUT2D eigenvalue weighted by atomic mass is 10.2. The summed E-state index contributed by atoms with van der Waals surface area (Å²) in [7, 11) is -4.46. The Bertz CT molecular complexity index is 1070. The van der Waals surface area contributed by atoms with Gasteiger partial charge in [-0.3, -0.25) is 0 Å². The SMILES string of the molecule is CSCC[C@H](NC(=O)OCc1ccccc1)C(=O)OP(=O)(Oc1ccccc1)Oc1ccccc1. The quantitative estimate of drug-likeness (QED) is 0.300. The van der Waals surface area contributed by atoms with Gasteiger partial charge in [0.15, 0.2) is 0 Å². The molecule has 3 aromatic rings. The van der Waals surface area contributed by atoms with Crippen LogP contribution in [0.25, 0.3) is 0 Å². The molecule has 0 aliphatic heterocycles. The van der Waals surface area contributed by atoms with Crippen molar-refractivity contribution < 1.29 is 32.5 Å². The Hall–Kier alpha value is -3.42. The third kappa shape index (κ3) is 9.03. The molecule has 3 rings (SSSR count). The van der Waals surface area contributed by atoms with Crippen LogP contribution in [0.1, 0.15) is 12.0 Å². The Morgan fingerprint density at radius 1 is 0.857 bits per heavy atom. The molecule has 0 heterocycles. The number of benzene rings is 3. The molecule has 184 valence electrons. The number of phosphoric ester groups is 1. The summed E-state index contributed by atoms with van der Waals surface area (Å²) in [5.74, 6) is -0.0564. The lowest BCUT2D eigenvalue weighted by Crippen LogP contribution is -2.42. The van der Waals surface area contributed by atoms with Gasteiger partial charge in [-0.15, -0.1) is 0 Å². The Balaban J connectivity index is 1.71. The van der Waals surface area contributed by atoms with Gasteiger partial charge >= 0.3 is 19.9 Å². The van der Waals surface area contributed by atoms with Gasteiger partial charge in [-0.2, -0.15) is 16.3 Å². The van der Waals surface area contributed by atoms with E-state index in [-0.39, 0.29) is 24.5 Å². The summed E-state index contributed by atoms with van der Waals surface area (Å²) in [6, 6.07) is 24.4. The Morgan fingerprint density at radius 3 is 1.89 bits per heavy atom. The fraction of sp³-hybridized carbons (Fsp3) is 0.200. The average Bonchev–Trinajstić information content (AvgIpc) is 2.86. The molecule has 0 unspecified atom stereocenters. The molecule has 0 aliphatic rings. The normalized spacial score (nSPS) is 11.7. The number of hydrogen-bond donors (Lipinski definition) is 1.